The van der Waals surface area contributed by atoms with E-state index in [9.17, 15) is 0 Å². The molecule has 0 fully saturated rings. The van der Waals surface area contributed by atoms with Gasteiger partial charge in [-0.1, -0.05) is 0 Å². The van der Waals surface area contributed by atoms with E-state index in [1.807, 2.05) is 0 Å². The summed E-state index contributed by atoms with van der Waals surface area (Å²) in [7, 11) is 0. The molecule has 4 heavy (non-hydrogen) atoms. The Morgan fingerprint density at radius 1 is 1.00 bits per heavy atom. The molecular formula is CuMnPbZn. The molecule has 0 heterocycles. The van der Waals surface area contributed by atoms with Gasteiger partial charge in [0.25, 0.3) is 0 Å². The smallest absolute Gasteiger partial charge is 0 e. The third-order valence-electron chi connectivity index (χ3n) is 0. The molecule has 0 bridgehead atoms. The molecule has 0 aromatic rings. The fourth-order valence-electron chi connectivity index (χ4n) is 0. The topological polar surface area (TPSA) is 0 Å². The average molecular weight is 391 g/mol. The molecule has 0 aromatic heterocycles. The molecule has 0 aliphatic rings. The third kappa shape index (κ3) is 8.82. The molecule has 0 aromatic carbocycles. The van der Waals surface area contributed by atoms with Gasteiger partial charge in [-0.3, -0.25) is 0 Å². The third-order valence-corrected chi connectivity index (χ3v) is 0. The van der Waals surface area contributed by atoms with Gasteiger partial charge in [0.15, 0.2) is 0 Å². The average Bonchev–Trinajstić information content (AvgIpc) is 0. The van der Waals surface area contributed by atoms with E-state index in [2.05, 4.69) is 0 Å². The van der Waals surface area contributed by atoms with Crippen LogP contribution in [0.4, 0.5) is 0 Å². The maximum atomic E-state index is 0. The Labute approximate surface area is 79.7 Å². The molecule has 0 amide bonds. The van der Waals surface area contributed by atoms with E-state index < -0.39 is 0 Å². The van der Waals surface area contributed by atoms with Crippen LogP contribution in [-0.2, 0) is 53.6 Å². The van der Waals surface area contributed by atoms with Gasteiger partial charge in [0.05, 0.1) is 0 Å². The van der Waals surface area contributed by atoms with Crippen LogP contribution in [0.15, 0.2) is 0 Å². The second kappa shape index (κ2) is 17.6. The van der Waals surface area contributed by atoms with E-state index in [4.69, 9.17) is 0 Å². The van der Waals surface area contributed by atoms with Gasteiger partial charge in [-0.25, -0.2) is 0 Å². The number of hydrogen-bond donors (Lipinski definition) is 0. The summed E-state index contributed by atoms with van der Waals surface area (Å²) >= 11 is 0. The van der Waals surface area contributed by atoms with Crippen molar-refractivity contribution in [1.82, 2.24) is 0 Å². The number of rotatable bonds is 0. The van der Waals surface area contributed by atoms with E-state index in [0.717, 1.165) is 0 Å². The Morgan fingerprint density at radius 2 is 1.00 bits per heavy atom. The maximum absolute atomic E-state index is 0. The standard InChI is InChI=1S/Cu.Mn.Pb.Zn. The first kappa shape index (κ1) is 30.7. The molecule has 24 valence electrons. The minimum atomic E-state index is 0. The summed E-state index contributed by atoms with van der Waals surface area (Å²) in [6, 6.07) is 0. The minimum absolute atomic E-state index is 0. The molecule has 0 rings (SSSR count). The van der Waals surface area contributed by atoms with Crippen LogP contribution in [0.25, 0.3) is 0 Å². The predicted molar refractivity (Wildman–Crippen MR) is 5.75 cm³/mol. The molecule has 0 saturated carbocycles. The minimum Gasteiger partial charge on any atom is 0 e. The van der Waals surface area contributed by atoms with Crippen molar-refractivity contribution in [2.75, 3.05) is 0 Å². The van der Waals surface area contributed by atoms with E-state index in [1.54, 1.807) is 0 Å². The summed E-state index contributed by atoms with van der Waals surface area (Å²) in [4.78, 5) is 0. The van der Waals surface area contributed by atoms with Crippen molar-refractivity contribution in [3.05, 3.63) is 0 Å². The van der Waals surface area contributed by atoms with Gasteiger partial charge in [0.2, 0.25) is 0 Å². The quantitative estimate of drug-likeness (QED) is 0.494. The second-order valence-electron chi connectivity index (χ2n) is 0. The molecule has 0 aliphatic carbocycles. The summed E-state index contributed by atoms with van der Waals surface area (Å²) < 4.78 is 0. The molecule has 0 atom stereocenters. The summed E-state index contributed by atoms with van der Waals surface area (Å²) in [6.45, 7) is 0. The molecule has 0 spiro atoms. The second-order valence-corrected chi connectivity index (χ2v) is 0. The van der Waals surface area contributed by atoms with Crippen LogP contribution in [0, 0.1) is 0 Å². The molecule has 0 nitrogen and oxygen atoms in total. The normalized spacial score (nSPS) is 0. The first-order valence-electron chi connectivity index (χ1n) is 0. The van der Waals surface area contributed by atoms with Crippen molar-refractivity contribution in [3.63, 3.8) is 0 Å². The van der Waals surface area contributed by atoms with Crippen LogP contribution in [-0.4, -0.2) is 27.3 Å². The van der Waals surface area contributed by atoms with E-state index in [1.165, 1.54) is 0 Å². The van der Waals surface area contributed by atoms with E-state index in [-0.39, 0.29) is 80.9 Å². The SMILES string of the molecule is [Cu].[Mn].[Pb].[Zn]. The van der Waals surface area contributed by atoms with Gasteiger partial charge in [0.1, 0.15) is 0 Å². The molecule has 0 N–H and O–H groups in total. The van der Waals surface area contributed by atoms with Gasteiger partial charge >= 0.3 is 0 Å². The van der Waals surface area contributed by atoms with Crippen molar-refractivity contribution >= 4 is 27.3 Å². The summed E-state index contributed by atoms with van der Waals surface area (Å²) in [6.07, 6.45) is 0. The van der Waals surface area contributed by atoms with Crippen molar-refractivity contribution in [3.8, 4) is 0 Å². The van der Waals surface area contributed by atoms with Gasteiger partial charge < -0.3 is 0 Å². The zero-order valence-electron chi connectivity index (χ0n) is 1.89. The molecule has 0 unspecified atom stereocenters. The van der Waals surface area contributed by atoms with Crippen molar-refractivity contribution < 1.29 is 53.6 Å². The fourth-order valence-corrected chi connectivity index (χ4v) is 0. The van der Waals surface area contributed by atoms with Crippen LogP contribution in [0.3, 0.4) is 0 Å². The fraction of sp³-hybridized carbons (Fsp3) is 0. The maximum Gasteiger partial charge on any atom is 0 e. The van der Waals surface area contributed by atoms with Gasteiger partial charge in [-0.2, -0.15) is 0 Å². The predicted octanol–water partition coefficient (Wildman–Crippen LogP) is -0.388. The van der Waals surface area contributed by atoms with Crippen molar-refractivity contribution in [2.45, 2.75) is 0 Å². The molecular weight excluding hydrogens is 391 g/mol. The summed E-state index contributed by atoms with van der Waals surface area (Å²) in [5.74, 6) is 0. The Hall–Kier alpha value is 2.58. The summed E-state index contributed by atoms with van der Waals surface area (Å²) in [5.41, 5.74) is 0. The van der Waals surface area contributed by atoms with E-state index >= 15 is 0 Å². The first-order chi connectivity index (χ1) is 0. The number of hydrogen-bond acceptors (Lipinski definition) is 0. The van der Waals surface area contributed by atoms with Gasteiger partial charge in [-0.15, -0.1) is 0 Å². The Kier molecular flexibility index (Phi) is 135. The first-order valence-corrected chi connectivity index (χ1v) is 0. The van der Waals surface area contributed by atoms with Crippen molar-refractivity contribution in [1.29, 1.82) is 0 Å². The Morgan fingerprint density at radius 3 is 1.00 bits per heavy atom. The van der Waals surface area contributed by atoms with Crippen LogP contribution < -0.4 is 0 Å². The van der Waals surface area contributed by atoms with Gasteiger partial charge in [0, 0.05) is 80.9 Å². The summed E-state index contributed by atoms with van der Waals surface area (Å²) in [5, 5.41) is 0. The van der Waals surface area contributed by atoms with Crippen LogP contribution in [0.1, 0.15) is 0 Å². The Bertz CT molecular complexity index is 8.00. The van der Waals surface area contributed by atoms with Crippen LogP contribution in [0.2, 0.25) is 0 Å². The molecule has 0 aliphatic heterocycles. The van der Waals surface area contributed by atoms with Crippen LogP contribution >= 0.6 is 0 Å². The molecule has 0 saturated heterocycles. The van der Waals surface area contributed by atoms with Crippen molar-refractivity contribution in [2.24, 2.45) is 0 Å². The zero-order chi connectivity index (χ0) is 0. The monoisotopic (exact) mass is 390 g/mol. The van der Waals surface area contributed by atoms with E-state index in [0.29, 0.717) is 0 Å². The van der Waals surface area contributed by atoms with Gasteiger partial charge in [-0.05, 0) is 0 Å². The molecule has 4 heteroatoms. The largest absolute Gasteiger partial charge is 0 e. The molecule has 6 radical (unpaired) electrons. The van der Waals surface area contributed by atoms with Crippen LogP contribution in [0.5, 0.6) is 0 Å². The zero-order valence-corrected chi connectivity index (χ0v) is 10.9. The Balaban J connectivity index is 0.